The largest absolute Gasteiger partial charge is 0.458 e. The molecule has 0 N–H and O–H groups in total. The monoisotopic (exact) mass is 298 g/mol. The minimum Gasteiger partial charge on any atom is -0.458 e. The molecule has 0 heterocycles. The number of benzene rings is 2. The Hall–Kier alpha value is -2.62. The number of ether oxygens (including phenoxy) is 2. The van der Waals surface area contributed by atoms with Crippen molar-refractivity contribution < 1.29 is 19.1 Å². The molecule has 0 radical (unpaired) electrons. The third-order valence-corrected chi connectivity index (χ3v) is 3.13. The fraction of sp³-hybridized carbons (Fsp3) is 0.222. The first kappa shape index (κ1) is 15.8. The Morgan fingerprint density at radius 2 is 1.64 bits per heavy atom. The smallest absolute Gasteiger partial charge is 0.347 e. The molecule has 0 fully saturated rings. The lowest BCUT2D eigenvalue weighted by molar-refractivity contribution is -0.154. The van der Waals surface area contributed by atoms with E-state index in [9.17, 15) is 9.59 Å². The normalized spacial score (nSPS) is 11.5. The standard InChI is InChI=1S/C18H18O4/c1-13-8-10-16(11-9-13)18(20)22-14(2)17(19)21-12-15-6-4-3-5-7-15/h3-11,14H,12H2,1-2H3/t14-/m0/s1. The van der Waals surface area contributed by atoms with Crippen molar-refractivity contribution in [2.45, 2.75) is 26.6 Å². The Balaban J connectivity index is 1.85. The van der Waals surface area contributed by atoms with Crippen LogP contribution >= 0.6 is 0 Å². The Kier molecular flexibility index (Phi) is 5.31. The predicted molar refractivity (Wildman–Crippen MR) is 82.3 cm³/mol. The molecule has 0 bridgehead atoms. The van der Waals surface area contributed by atoms with Gasteiger partial charge in [0.25, 0.3) is 0 Å². The molecule has 0 aliphatic rings. The molecule has 0 aliphatic heterocycles. The number of rotatable bonds is 5. The van der Waals surface area contributed by atoms with E-state index in [1.165, 1.54) is 6.92 Å². The first-order valence-electron chi connectivity index (χ1n) is 7.04. The van der Waals surface area contributed by atoms with Gasteiger partial charge < -0.3 is 9.47 Å². The van der Waals surface area contributed by atoms with E-state index >= 15 is 0 Å². The van der Waals surface area contributed by atoms with Gasteiger partial charge in [-0.25, -0.2) is 9.59 Å². The molecule has 2 aromatic rings. The van der Waals surface area contributed by atoms with Crippen LogP contribution in [0.25, 0.3) is 0 Å². The zero-order chi connectivity index (χ0) is 15.9. The van der Waals surface area contributed by atoms with E-state index in [4.69, 9.17) is 9.47 Å². The minimum atomic E-state index is -0.947. The zero-order valence-electron chi connectivity index (χ0n) is 12.6. The SMILES string of the molecule is Cc1ccc(C(=O)O[C@@H](C)C(=O)OCc2ccccc2)cc1. The van der Waals surface area contributed by atoms with Gasteiger partial charge in [-0.1, -0.05) is 48.0 Å². The van der Waals surface area contributed by atoms with Gasteiger partial charge in [0, 0.05) is 0 Å². The number of hydrogen-bond acceptors (Lipinski definition) is 4. The van der Waals surface area contributed by atoms with Crippen LogP contribution in [-0.2, 0) is 20.9 Å². The van der Waals surface area contributed by atoms with E-state index in [0.29, 0.717) is 5.56 Å². The fourth-order valence-corrected chi connectivity index (χ4v) is 1.81. The average molecular weight is 298 g/mol. The zero-order valence-corrected chi connectivity index (χ0v) is 12.6. The van der Waals surface area contributed by atoms with E-state index in [2.05, 4.69) is 0 Å². The lowest BCUT2D eigenvalue weighted by Crippen LogP contribution is -2.26. The van der Waals surface area contributed by atoms with Crippen molar-refractivity contribution in [1.29, 1.82) is 0 Å². The summed E-state index contributed by atoms with van der Waals surface area (Å²) in [6, 6.07) is 16.3. The molecule has 0 saturated heterocycles. The van der Waals surface area contributed by atoms with Crippen LogP contribution in [0.1, 0.15) is 28.4 Å². The van der Waals surface area contributed by atoms with Gasteiger partial charge in [-0.05, 0) is 31.5 Å². The highest BCUT2D eigenvalue weighted by atomic mass is 16.6. The molecular formula is C18H18O4. The second-order valence-corrected chi connectivity index (χ2v) is 5.01. The summed E-state index contributed by atoms with van der Waals surface area (Å²) in [5.41, 5.74) is 2.34. The van der Waals surface area contributed by atoms with Crippen LogP contribution < -0.4 is 0 Å². The van der Waals surface area contributed by atoms with Crippen LogP contribution in [0.4, 0.5) is 0 Å². The first-order valence-corrected chi connectivity index (χ1v) is 7.04. The van der Waals surface area contributed by atoms with E-state index in [0.717, 1.165) is 11.1 Å². The summed E-state index contributed by atoms with van der Waals surface area (Å²) < 4.78 is 10.2. The van der Waals surface area contributed by atoms with Gasteiger partial charge >= 0.3 is 11.9 Å². The molecule has 1 atom stereocenters. The number of hydrogen-bond donors (Lipinski definition) is 0. The van der Waals surface area contributed by atoms with E-state index in [-0.39, 0.29) is 6.61 Å². The van der Waals surface area contributed by atoms with Gasteiger partial charge in [0.05, 0.1) is 5.56 Å². The van der Waals surface area contributed by atoms with Gasteiger partial charge in [0.15, 0.2) is 6.10 Å². The van der Waals surface area contributed by atoms with Crippen molar-refractivity contribution >= 4 is 11.9 Å². The number of aryl methyl sites for hydroxylation is 1. The van der Waals surface area contributed by atoms with Crippen molar-refractivity contribution in [3.8, 4) is 0 Å². The molecule has 4 heteroatoms. The quantitative estimate of drug-likeness (QED) is 0.795. The lowest BCUT2D eigenvalue weighted by Gasteiger charge is -2.13. The van der Waals surface area contributed by atoms with Gasteiger partial charge in [0.1, 0.15) is 6.61 Å². The second-order valence-electron chi connectivity index (χ2n) is 5.01. The predicted octanol–water partition coefficient (Wildman–Crippen LogP) is 3.28. The van der Waals surface area contributed by atoms with Crippen LogP contribution in [0.2, 0.25) is 0 Å². The van der Waals surface area contributed by atoms with Crippen LogP contribution in [-0.4, -0.2) is 18.0 Å². The van der Waals surface area contributed by atoms with E-state index < -0.39 is 18.0 Å². The Morgan fingerprint density at radius 3 is 2.27 bits per heavy atom. The Labute approximate surface area is 129 Å². The summed E-state index contributed by atoms with van der Waals surface area (Å²) in [6.45, 7) is 3.59. The number of carbonyl (C=O) groups is 2. The molecule has 114 valence electrons. The minimum absolute atomic E-state index is 0.159. The van der Waals surface area contributed by atoms with Gasteiger partial charge in [-0.15, -0.1) is 0 Å². The number of carbonyl (C=O) groups excluding carboxylic acids is 2. The highest BCUT2D eigenvalue weighted by molar-refractivity contribution is 5.91. The summed E-state index contributed by atoms with van der Waals surface area (Å²) in [5.74, 6) is -1.10. The maximum absolute atomic E-state index is 11.9. The molecule has 0 spiro atoms. The van der Waals surface area contributed by atoms with Crippen LogP contribution in [0.15, 0.2) is 54.6 Å². The summed E-state index contributed by atoms with van der Waals surface area (Å²) in [6.07, 6.45) is -0.947. The molecule has 22 heavy (non-hydrogen) atoms. The molecule has 0 amide bonds. The second kappa shape index (κ2) is 7.41. The summed E-state index contributed by atoms with van der Waals surface area (Å²) in [7, 11) is 0. The molecule has 0 aromatic heterocycles. The third kappa shape index (κ3) is 4.45. The topological polar surface area (TPSA) is 52.6 Å². The van der Waals surface area contributed by atoms with Crippen LogP contribution in [0.3, 0.4) is 0 Å². The highest BCUT2D eigenvalue weighted by Gasteiger charge is 2.20. The van der Waals surface area contributed by atoms with Gasteiger partial charge in [-0.2, -0.15) is 0 Å². The maximum Gasteiger partial charge on any atom is 0.347 e. The fourth-order valence-electron chi connectivity index (χ4n) is 1.81. The summed E-state index contributed by atoms with van der Waals surface area (Å²) >= 11 is 0. The van der Waals surface area contributed by atoms with Crippen molar-refractivity contribution in [2.75, 3.05) is 0 Å². The lowest BCUT2D eigenvalue weighted by atomic mass is 10.1. The van der Waals surface area contributed by atoms with E-state index in [1.807, 2.05) is 49.4 Å². The molecular weight excluding hydrogens is 280 g/mol. The summed E-state index contributed by atoms with van der Waals surface area (Å²) in [4.78, 5) is 23.8. The van der Waals surface area contributed by atoms with Crippen molar-refractivity contribution in [3.63, 3.8) is 0 Å². The van der Waals surface area contributed by atoms with Crippen molar-refractivity contribution in [1.82, 2.24) is 0 Å². The van der Waals surface area contributed by atoms with Crippen molar-refractivity contribution in [3.05, 3.63) is 71.3 Å². The van der Waals surface area contributed by atoms with Gasteiger partial charge in [0.2, 0.25) is 0 Å². The van der Waals surface area contributed by atoms with Gasteiger partial charge in [-0.3, -0.25) is 0 Å². The Bertz CT molecular complexity index is 632. The number of esters is 2. The highest BCUT2D eigenvalue weighted by Crippen LogP contribution is 2.08. The Morgan fingerprint density at radius 1 is 1.00 bits per heavy atom. The molecule has 0 unspecified atom stereocenters. The maximum atomic E-state index is 11.9. The average Bonchev–Trinajstić information content (AvgIpc) is 2.54. The summed E-state index contributed by atoms with van der Waals surface area (Å²) in [5, 5.41) is 0. The molecule has 0 saturated carbocycles. The van der Waals surface area contributed by atoms with E-state index in [1.54, 1.807) is 12.1 Å². The van der Waals surface area contributed by atoms with Crippen LogP contribution in [0.5, 0.6) is 0 Å². The van der Waals surface area contributed by atoms with Crippen molar-refractivity contribution in [2.24, 2.45) is 0 Å². The molecule has 2 rings (SSSR count). The molecule has 0 aliphatic carbocycles. The van der Waals surface area contributed by atoms with Crippen LogP contribution in [0, 0.1) is 6.92 Å². The third-order valence-electron chi connectivity index (χ3n) is 3.13. The first-order chi connectivity index (χ1) is 10.6. The molecule has 4 nitrogen and oxygen atoms in total. The molecule has 2 aromatic carbocycles.